The van der Waals surface area contributed by atoms with Crippen molar-refractivity contribution in [1.82, 2.24) is 9.97 Å². The van der Waals surface area contributed by atoms with Crippen molar-refractivity contribution in [1.29, 1.82) is 0 Å². The van der Waals surface area contributed by atoms with E-state index in [2.05, 4.69) is 46.7 Å². The van der Waals surface area contributed by atoms with Gasteiger partial charge in [-0.25, -0.2) is 9.97 Å². The molecular weight excluding hydrogens is 390 g/mol. The second kappa shape index (κ2) is 8.09. The summed E-state index contributed by atoms with van der Waals surface area (Å²) < 4.78 is 0. The highest BCUT2D eigenvalue weighted by molar-refractivity contribution is 7.11. The summed E-state index contributed by atoms with van der Waals surface area (Å²) in [6.45, 7) is 1.95. The molecule has 1 N–H and O–H groups in total. The number of halogens is 1. The van der Waals surface area contributed by atoms with E-state index in [1.54, 1.807) is 29.7 Å². The number of carbonyl (C=O) groups excluding carboxylic acids is 1. The van der Waals surface area contributed by atoms with Crippen molar-refractivity contribution in [3.63, 3.8) is 0 Å². The lowest BCUT2D eigenvalue weighted by atomic mass is 10.0. The summed E-state index contributed by atoms with van der Waals surface area (Å²) in [5.74, 6) is -0.127. The van der Waals surface area contributed by atoms with Gasteiger partial charge >= 0.3 is 0 Å². The zero-order valence-electron chi connectivity index (χ0n) is 15.3. The number of anilines is 1. The Morgan fingerprint density at radius 3 is 2.79 bits per heavy atom. The standard InChI is InChI=1S/C22H18ClN3OS/c1-14-19(13-20(27)26-18-10-5-11-24-22(18)23)28-21(25-14)12-16-8-4-7-15-6-2-3-9-17(15)16/h2-11H,12-13H2,1H3,(H,26,27). The lowest BCUT2D eigenvalue weighted by molar-refractivity contribution is -0.115. The molecule has 0 saturated heterocycles. The number of amides is 1. The van der Waals surface area contributed by atoms with Crippen molar-refractivity contribution in [2.75, 3.05) is 5.32 Å². The van der Waals surface area contributed by atoms with E-state index in [0.29, 0.717) is 5.69 Å². The molecule has 0 radical (unpaired) electrons. The highest BCUT2D eigenvalue weighted by Crippen LogP contribution is 2.26. The van der Waals surface area contributed by atoms with Crippen molar-refractivity contribution in [2.24, 2.45) is 0 Å². The number of nitrogens with zero attached hydrogens (tertiary/aromatic N) is 2. The van der Waals surface area contributed by atoms with Crippen LogP contribution in [0.2, 0.25) is 5.15 Å². The maximum absolute atomic E-state index is 12.4. The summed E-state index contributed by atoms with van der Waals surface area (Å²) in [4.78, 5) is 22.0. The lowest BCUT2D eigenvalue weighted by Gasteiger charge is -2.05. The average Bonchev–Trinajstić information content (AvgIpc) is 3.03. The maximum atomic E-state index is 12.4. The molecule has 4 rings (SSSR count). The smallest absolute Gasteiger partial charge is 0.229 e. The lowest BCUT2D eigenvalue weighted by Crippen LogP contribution is -2.14. The van der Waals surface area contributed by atoms with Crippen molar-refractivity contribution < 1.29 is 4.79 Å². The van der Waals surface area contributed by atoms with Gasteiger partial charge in [0, 0.05) is 17.5 Å². The van der Waals surface area contributed by atoms with E-state index in [0.717, 1.165) is 22.0 Å². The zero-order chi connectivity index (χ0) is 19.5. The second-order valence-corrected chi connectivity index (χ2v) is 8.02. The van der Waals surface area contributed by atoms with E-state index in [-0.39, 0.29) is 17.5 Å². The number of rotatable bonds is 5. The van der Waals surface area contributed by atoms with Crippen LogP contribution in [0.1, 0.15) is 21.1 Å². The molecule has 2 aromatic carbocycles. The van der Waals surface area contributed by atoms with E-state index in [9.17, 15) is 4.79 Å². The van der Waals surface area contributed by atoms with E-state index in [1.807, 2.05) is 13.0 Å². The molecule has 0 aliphatic carbocycles. The molecule has 4 aromatic rings. The molecule has 0 spiro atoms. The number of aryl methyl sites for hydroxylation is 1. The maximum Gasteiger partial charge on any atom is 0.229 e. The van der Waals surface area contributed by atoms with Crippen LogP contribution < -0.4 is 5.32 Å². The summed E-state index contributed by atoms with van der Waals surface area (Å²) in [5.41, 5.74) is 2.66. The highest BCUT2D eigenvalue weighted by Gasteiger charge is 2.14. The number of benzene rings is 2. The van der Waals surface area contributed by atoms with Crippen molar-refractivity contribution in [3.05, 3.63) is 87.1 Å². The molecule has 4 nitrogen and oxygen atoms in total. The molecule has 0 saturated carbocycles. The number of hydrogen-bond acceptors (Lipinski definition) is 4. The van der Waals surface area contributed by atoms with Crippen LogP contribution in [0.5, 0.6) is 0 Å². The molecular formula is C22H18ClN3OS. The fraction of sp³-hybridized carbons (Fsp3) is 0.136. The third-order valence-corrected chi connectivity index (χ3v) is 5.97. The predicted octanol–water partition coefficient (Wildman–Crippen LogP) is 5.43. The number of carbonyl (C=O) groups is 1. The Hall–Kier alpha value is -2.76. The Kier molecular flexibility index (Phi) is 5.37. The van der Waals surface area contributed by atoms with E-state index in [1.165, 1.54) is 16.3 Å². The van der Waals surface area contributed by atoms with E-state index in [4.69, 9.17) is 16.6 Å². The van der Waals surface area contributed by atoms with Crippen LogP contribution in [0.25, 0.3) is 10.8 Å². The highest BCUT2D eigenvalue weighted by atomic mass is 35.5. The fourth-order valence-electron chi connectivity index (χ4n) is 3.16. The fourth-order valence-corrected chi connectivity index (χ4v) is 4.41. The van der Waals surface area contributed by atoms with Gasteiger partial charge in [-0.1, -0.05) is 54.1 Å². The first-order chi connectivity index (χ1) is 13.6. The molecule has 28 heavy (non-hydrogen) atoms. The van der Waals surface area contributed by atoms with Gasteiger partial charge in [-0.2, -0.15) is 0 Å². The van der Waals surface area contributed by atoms with Crippen LogP contribution >= 0.6 is 22.9 Å². The molecule has 2 heterocycles. The Balaban J connectivity index is 1.50. The number of aromatic nitrogens is 2. The van der Waals surface area contributed by atoms with Gasteiger partial charge < -0.3 is 5.32 Å². The van der Waals surface area contributed by atoms with Gasteiger partial charge in [0.15, 0.2) is 5.15 Å². The molecule has 6 heteroatoms. The van der Waals surface area contributed by atoms with Gasteiger partial charge in [0.1, 0.15) is 0 Å². The van der Waals surface area contributed by atoms with Crippen molar-refractivity contribution in [3.8, 4) is 0 Å². The molecule has 1 amide bonds. The van der Waals surface area contributed by atoms with Crippen LogP contribution in [-0.2, 0) is 17.6 Å². The average molecular weight is 408 g/mol. The molecule has 140 valence electrons. The third-order valence-electron chi connectivity index (χ3n) is 4.51. The molecule has 0 atom stereocenters. The predicted molar refractivity (Wildman–Crippen MR) is 115 cm³/mol. The Labute approximate surface area is 172 Å². The molecule has 2 aromatic heterocycles. The summed E-state index contributed by atoms with van der Waals surface area (Å²) in [6.07, 6.45) is 2.61. The van der Waals surface area contributed by atoms with Crippen molar-refractivity contribution >= 4 is 45.3 Å². The monoisotopic (exact) mass is 407 g/mol. The molecule has 0 fully saturated rings. The molecule has 0 aliphatic rings. The SMILES string of the molecule is Cc1nc(Cc2cccc3ccccc23)sc1CC(=O)Nc1cccnc1Cl. The normalized spacial score (nSPS) is 10.9. The van der Waals surface area contributed by atoms with Crippen LogP contribution in [0.3, 0.4) is 0 Å². The van der Waals surface area contributed by atoms with Crippen LogP contribution in [-0.4, -0.2) is 15.9 Å². The number of pyridine rings is 1. The first-order valence-electron chi connectivity index (χ1n) is 8.92. The van der Waals surface area contributed by atoms with Gasteiger partial charge in [0.05, 0.1) is 22.8 Å². The summed E-state index contributed by atoms with van der Waals surface area (Å²) in [6, 6.07) is 18.2. The first kappa shape index (κ1) is 18.6. The number of thiazole rings is 1. The molecule has 0 bridgehead atoms. The minimum Gasteiger partial charge on any atom is -0.323 e. The van der Waals surface area contributed by atoms with Crippen LogP contribution in [0, 0.1) is 6.92 Å². The third kappa shape index (κ3) is 4.06. The second-order valence-electron chi connectivity index (χ2n) is 6.50. The topological polar surface area (TPSA) is 54.9 Å². The largest absolute Gasteiger partial charge is 0.323 e. The number of nitrogens with one attached hydrogen (secondary N) is 1. The molecule has 0 unspecified atom stereocenters. The van der Waals surface area contributed by atoms with Crippen LogP contribution in [0.15, 0.2) is 60.8 Å². The Bertz CT molecular complexity index is 1150. The Morgan fingerprint density at radius 2 is 1.93 bits per heavy atom. The summed E-state index contributed by atoms with van der Waals surface area (Å²) >= 11 is 7.59. The first-order valence-corrected chi connectivity index (χ1v) is 10.1. The number of hydrogen-bond donors (Lipinski definition) is 1. The molecule has 0 aliphatic heterocycles. The van der Waals surface area contributed by atoms with Gasteiger partial charge in [-0.15, -0.1) is 11.3 Å². The van der Waals surface area contributed by atoms with E-state index < -0.39 is 0 Å². The van der Waals surface area contributed by atoms with Gasteiger partial charge in [-0.05, 0) is 35.4 Å². The minimum absolute atomic E-state index is 0.127. The quantitative estimate of drug-likeness (QED) is 0.449. The van der Waals surface area contributed by atoms with Gasteiger partial charge in [0.2, 0.25) is 5.91 Å². The van der Waals surface area contributed by atoms with Gasteiger partial charge in [-0.3, -0.25) is 4.79 Å². The van der Waals surface area contributed by atoms with E-state index >= 15 is 0 Å². The minimum atomic E-state index is -0.127. The van der Waals surface area contributed by atoms with Crippen molar-refractivity contribution in [2.45, 2.75) is 19.8 Å². The zero-order valence-corrected chi connectivity index (χ0v) is 16.8. The number of fused-ring (bicyclic) bond motifs is 1. The van der Waals surface area contributed by atoms with Gasteiger partial charge in [0.25, 0.3) is 0 Å². The van der Waals surface area contributed by atoms with Crippen LogP contribution in [0.4, 0.5) is 5.69 Å². The summed E-state index contributed by atoms with van der Waals surface area (Å²) in [7, 11) is 0. The Morgan fingerprint density at radius 1 is 1.11 bits per heavy atom. The summed E-state index contributed by atoms with van der Waals surface area (Å²) in [5, 5.41) is 6.57.